The Kier molecular flexibility index (Phi) is 3.05. The van der Waals surface area contributed by atoms with Crippen molar-refractivity contribution in [3.63, 3.8) is 0 Å². The quantitative estimate of drug-likeness (QED) is 0.273. The average molecular weight is 343 g/mol. The topological polar surface area (TPSA) is 119 Å². The Balaban J connectivity index is 2.47. The van der Waals surface area contributed by atoms with Crippen molar-refractivity contribution in [3.05, 3.63) is 0 Å². The maximum absolute atomic E-state index is 14.1. The van der Waals surface area contributed by atoms with Crippen LogP contribution in [0.5, 0.6) is 0 Å². The van der Waals surface area contributed by atoms with Crippen LogP contribution in [0.25, 0.3) is 0 Å². The Morgan fingerprint density at radius 1 is 1.17 bits per heavy atom. The zero-order valence-corrected chi connectivity index (χ0v) is 13.1. The second kappa shape index (κ2) is 3.72. The number of hydrogen-bond donors (Lipinski definition) is 5. The third-order valence-corrected chi connectivity index (χ3v) is 20.2. The SMILES string of the molecule is CC[O][Zr]12(=[O])([O]NCC[NH])([NH]CC[NH]1)[NH]CC[NH]2. The molecule has 2 aliphatic rings. The molecule has 2 fully saturated rings. The molecule has 0 unspecified atom stereocenters. The van der Waals surface area contributed by atoms with Gasteiger partial charge in [-0.3, -0.25) is 0 Å². The molecule has 107 valence electrons. The minimum absolute atomic E-state index is 0.112. The van der Waals surface area contributed by atoms with Crippen LogP contribution in [0.15, 0.2) is 0 Å². The minimum atomic E-state index is -6.68. The summed E-state index contributed by atoms with van der Waals surface area (Å²) in [6, 6.07) is 0. The number of nitrogens with one attached hydrogen (secondary N) is 6. The van der Waals surface area contributed by atoms with Gasteiger partial charge in [0.15, 0.2) is 0 Å². The molecule has 0 amide bonds. The van der Waals surface area contributed by atoms with Crippen molar-refractivity contribution in [1.29, 1.82) is 0 Å². The van der Waals surface area contributed by atoms with E-state index in [9.17, 15) is 2.81 Å². The molecule has 1 spiro atoms. The fourth-order valence-corrected chi connectivity index (χ4v) is 18.0. The van der Waals surface area contributed by atoms with Gasteiger partial charge in [-0.1, -0.05) is 0 Å². The number of hydrogen-bond acceptors (Lipinski definition) is 4. The van der Waals surface area contributed by atoms with Crippen LogP contribution in [0.2, 0.25) is 0 Å². The van der Waals surface area contributed by atoms with E-state index < -0.39 is 17.9 Å². The molecule has 2 saturated heterocycles. The van der Waals surface area contributed by atoms with Gasteiger partial charge in [0, 0.05) is 0 Å². The first kappa shape index (κ1) is 14.8. The molecule has 9 nitrogen and oxygen atoms in total. The van der Waals surface area contributed by atoms with Crippen molar-refractivity contribution in [2.75, 3.05) is 45.9 Å². The molecule has 0 saturated carbocycles. The van der Waals surface area contributed by atoms with E-state index in [-0.39, 0.29) is 19.7 Å². The van der Waals surface area contributed by atoms with Gasteiger partial charge < -0.3 is 0 Å². The Hall–Kier alpha value is 0.363. The molecule has 10 heteroatoms. The Labute approximate surface area is 103 Å². The van der Waals surface area contributed by atoms with Crippen LogP contribution in [0.4, 0.5) is 0 Å². The van der Waals surface area contributed by atoms with Crippen molar-refractivity contribution < 1.29 is 26.4 Å². The van der Waals surface area contributed by atoms with Crippen LogP contribution in [0, 0.1) is 0 Å². The van der Waals surface area contributed by atoms with Gasteiger partial charge in [0.25, 0.3) is 0 Å². The van der Waals surface area contributed by atoms with E-state index in [0.29, 0.717) is 26.2 Å². The van der Waals surface area contributed by atoms with Gasteiger partial charge in [0.1, 0.15) is 0 Å². The van der Waals surface area contributed by atoms with Crippen LogP contribution in [-0.4, -0.2) is 45.9 Å². The summed E-state index contributed by atoms with van der Waals surface area (Å²) in [5.74, 6) is 0. The fourth-order valence-electron chi connectivity index (χ4n) is 3.08. The molecule has 0 aliphatic carbocycles. The van der Waals surface area contributed by atoms with Gasteiger partial charge in [-0.15, -0.1) is 0 Å². The predicted octanol–water partition coefficient (Wildman–Crippen LogP) is -2.19. The van der Waals surface area contributed by atoms with E-state index >= 15 is 0 Å². The first-order valence-electron chi connectivity index (χ1n) is 6.43. The maximum atomic E-state index is 14.1. The van der Waals surface area contributed by atoms with E-state index in [4.69, 9.17) is 11.5 Å². The monoisotopic (exact) mass is 341 g/mol. The predicted molar refractivity (Wildman–Crippen MR) is 61.4 cm³/mol. The molecular formula is C8H23N6O3Zr. The van der Waals surface area contributed by atoms with Crippen molar-refractivity contribution in [3.8, 4) is 0 Å². The second-order valence-corrected chi connectivity index (χ2v) is 20.7. The molecule has 18 heavy (non-hydrogen) atoms. The van der Waals surface area contributed by atoms with E-state index in [0.717, 1.165) is 0 Å². The van der Waals surface area contributed by atoms with E-state index in [1.807, 2.05) is 0 Å². The Morgan fingerprint density at radius 2 is 1.67 bits per heavy atom. The molecule has 2 aliphatic heterocycles. The zero-order valence-electron chi connectivity index (χ0n) is 10.7. The van der Waals surface area contributed by atoms with Crippen molar-refractivity contribution in [1.82, 2.24) is 24.3 Å². The summed E-state index contributed by atoms with van der Waals surface area (Å²) >= 11 is -6.68. The summed E-state index contributed by atoms with van der Waals surface area (Å²) in [5, 5.41) is 0. The van der Waals surface area contributed by atoms with E-state index in [2.05, 4.69) is 18.5 Å². The van der Waals surface area contributed by atoms with Gasteiger partial charge in [-0.25, -0.2) is 0 Å². The third-order valence-electron chi connectivity index (χ3n) is 3.81. The molecule has 1 radical (unpaired) electrons. The molecule has 0 atom stereocenters. The molecule has 0 aromatic heterocycles. The molecule has 6 N–H and O–H groups in total. The molecular weight excluding hydrogens is 319 g/mol. The van der Waals surface area contributed by atoms with E-state index in [1.165, 1.54) is 0 Å². The van der Waals surface area contributed by atoms with Gasteiger partial charge in [0.2, 0.25) is 0 Å². The summed E-state index contributed by atoms with van der Waals surface area (Å²) in [7, 11) is 0. The van der Waals surface area contributed by atoms with Crippen LogP contribution >= 0.6 is 0 Å². The van der Waals surface area contributed by atoms with E-state index in [1.54, 1.807) is 6.92 Å². The standard InChI is InChI=1S/C2H6N2O.2C2H6N2.C2H5O.O.Zr/c3-1-2-4-5;2*3-1-2-4;1-2-3;;/h3-4H,1-2H2;2*3-4H,1-2H2;2H2,1H3;;/q-1;2*-2;-1;;+6. The van der Waals surface area contributed by atoms with Gasteiger partial charge in [0.05, 0.1) is 0 Å². The van der Waals surface area contributed by atoms with Gasteiger partial charge in [-0.05, 0) is 0 Å². The van der Waals surface area contributed by atoms with Crippen molar-refractivity contribution in [2.24, 2.45) is 0 Å². The summed E-state index contributed by atoms with van der Waals surface area (Å²) in [5.41, 5.74) is 9.69. The molecule has 2 heterocycles. The third kappa shape index (κ3) is 1.80. The Morgan fingerprint density at radius 3 is 2.06 bits per heavy atom. The van der Waals surface area contributed by atoms with Gasteiger partial charge >= 0.3 is 103 Å². The number of rotatable bonds is 6. The van der Waals surface area contributed by atoms with Crippen LogP contribution < -0.4 is 24.3 Å². The summed E-state index contributed by atoms with van der Waals surface area (Å²) < 4.78 is 37.1. The summed E-state index contributed by atoms with van der Waals surface area (Å²) in [6.45, 7) is 4.12. The molecule has 2 rings (SSSR count). The van der Waals surface area contributed by atoms with Gasteiger partial charge in [-0.2, -0.15) is 0 Å². The fraction of sp³-hybridized carbons (Fsp3) is 1.00. The van der Waals surface area contributed by atoms with Crippen LogP contribution in [0.3, 0.4) is 0 Å². The first-order chi connectivity index (χ1) is 8.40. The Bertz CT molecular complexity index is 408. The molecule has 0 aromatic carbocycles. The zero-order chi connectivity index (χ0) is 13.3. The van der Waals surface area contributed by atoms with Crippen molar-refractivity contribution in [2.45, 2.75) is 6.92 Å². The van der Waals surface area contributed by atoms with Crippen LogP contribution in [0.1, 0.15) is 6.92 Å². The summed E-state index contributed by atoms with van der Waals surface area (Å²) in [6.07, 6.45) is 0. The second-order valence-electron chi connectivity index (χ2n) is 5.11. The van der Waals surface area contributed by atoms with Crippen LogP contribution in [-0.2, 0) is 26.4 Å². The normalized spacial score (nSPS) is 36.9. The van der Waals surface area contributed by atoms with Crippen molar-refractivity contribution >= 4 is 0 Å². The first-order valence-corrected chi connectivity index (χ1v) is 14.4. The number of hydroxylamine groups is 1. The molecule has 0 bridgehead atoms. The molecule has 0 aromatic rings. The summed E-state index contributed by atoms with van der Waals surface area (Å²) in [4.78, 5) is 0. The average Bonchev–Trinajstić information content (AvgIpc) is 2.84.